The highest BCUT2D eigenvalue weighted by Crippen LogP contribution is 2.31. The van der Waals surface area contributed by atoms with Gasteiger partial charge in [-0.1, -0.05) is 0 Å². The van der Waals surface area contributed by atoms with Crippen LogP contribution < -0.4 is 0 Å². The Balaban J connectivity index is 0.000000178. The minimum absolute atomic E-state index is 0.234. The van der Waals surface area contributed by atoms with Crippen molar-refractivity contribution in [2.45, 2.75) is 39.5 Å². The van der Waals surface area contributed by atoms with Gasteiger partial charge in [-0.05, 0) is 127 Å². The lowest BCUT2D eigenvalue weighted by Crippen LogP contribution is -2.08. The SMILES string of the molecule is CCn1ncc(C(O)c2cncn2-c2ccc(F)cc2I)c1Br.CCn1ncc(Cc2cncn2-c2ccc(F)cc2I)c1Br. The molecule has 6 aromatic rings. The number of nitrogens with zero attached hydrogens (tertiary/aromatic N) is 8. The first kappa shape index (κ1) is 33.9. The Bertz CT molecular complexity index is 1940. The average Bonchev–Trinajstić information content (AvgIpc) is 3.82. The lowest BCUT2D eigenvalue weighted by atomic mass is 10.1. The van der Waals surface area contributed by atoms with Crippen molar-refractivity contribution >= 4 is 77.0 Å². The maximum atomic E-state index is 13.3. The summed E-state index contributed by atoms with van der Waals surface area (Å²) in [5.74, 6) is -0.533. The molecule has 0 aliphatic heterocycles. The monoisotopic (exact) mass is 964 g/mol. The van der Waals surface area contributed by atoms with Crippen LogP contribution in [-0.2, 0) is 19.5 Å². The van der Waals surface area contributed by atoms with Crippen molar-refractivity contribution in [1.29, 1.82) is 0 Å². The van der Waals surface area contributed by atoms with Gasteiger partial charge in [-0.2, -0.15) is 10.2 Å². The molecule has 0 aliphatic rings. The molecule has 6 rings (SSSR count). The lowest BCUT2D eigenvalue weighted by Gasteiger charge is -2.14. The summed E-state index contributed by atoms with van der Waals surface area (Å²) < 4.78 is 37.3. The Morgan fingerprint density at radius 2 is 1.33 bits per heavy atom. The largest absolute Gasteiger partial charge is 0.382 e. The number of hydrogen-bond donors (Lipinski definition) is 1. The highest BCUT2D eigenvalue weighted by molar-refractivity contribution is 14.1. The van der Waals surface area contributed by atoms with Crippen molar-refractivity contribution in [3.63, 3.8) is 0 Å². The molecule has 0 radical (unpaired) electrons. The van der Waals surface area contributed by atoms with E-state index in [2.05, 4.69) is 97.2 Å². The molecule has 1 atom stereocenters. The van der Waals surface area contributed by atoms with Crippen LogP contribution in [0.2, 0.25) is 0 Å². The van der Waals surface area contributed by atoms with Crippen LogP contribution in [0.1, 0.15) is 42.5 Å². The number of aryl methyl sites for hydroxylation is 2. The third-order valence-corrected chi connectivity index (χ3v) is 10.4. The van der Waals surface area contributed by atoms with Crippen LogP contribution >= 0.6 is 77.0 Å². The first-order chi connectivity index (χ1) is 21.6. The van der Waals surface area contributed by atoms with Crippen LogP contribution in [0.15, 0.2) is 83.0 Å². The molecule has 0 saturated heterocycles. The summed E-state index contributed by atoms with van der Waals surface area (Å²) in [4.78, 5) is 8.37. The normalized spacial score (nSPS) is 11.8. The van der Waals surface area contributed by atoms with Crippen molar-refractivity contribution in [2.75, 3.05) is 0 Å². The van der Waals surface area contributed by atoms with Crippen molar-refractivity contribution in [2.24, 2.45) is 0 Å². The molecule has 0 fully saturated rings. The highest BCUT2D eigenvalue weighted by atomic mass is 127. The molecule has 4 aromatic heterocycles. The number of aromatic nitrogens is 8. The molecule has 2 aromatic carbocycles. The van der Waals surface area contributed by atoms with Crippen LogP contribution in [0.25, 0.3) is 11.4 Å². The maximum absolute atomic E-state index is 13.3. The highest BCUT2D eigenvalue weighted by Gasteiger charge is 2.22. The van der Waals surface area contributed by atoms with E-state index < -0.39 is 6.10 Å². The Kier molecular flexibility index (Phi) is 11.3. The van der Waals surface area contributed by atoms with Gasteiger partial charge in [0.1, 0.15) is 26.9 Å². The second-order valence-corrected chi connectivity index (χ2v) is 13.5. The summed E-state index contributed by atoms with van der Waals surface area (Å²) in [6.07, 6.45) is 10.1. The molecule has 9 nitrogen and oxygen atoms in total. The number of halogens is 6. The summed E-state index contributed by atoms with van der Waals surface area (Å²) in [6, 6.07) is 9.25. The second-order valence-electron chi connectivity index (χ2n) is 9.70. The zero-order valence-electron chi connectivity index (χ0n) is 23.9. The van der Waals surface area contributed by atoms with Gasteiger partial charge < -0.3 is 9.67 Å². The van der Waals surface area contributed by atoms with E-state index in [0.29, 0.717) is 24.2 Å². The standard InChI is InChI=1S/C15H13BrFIN4O.C15H13BrFIN4/c1-2-22-15(16)10(6-20-22)14(23)13-7-19-8-21(13)12-4-3-9(17)5-11(12)18;1-2-22-15(16)10(7-20-22)5-12-8-19-9-21(12)14-4-3-11(17)6-13(14)18/h3-8,14,23H,2H2,1H3;3-4,6-9H,2,5H2,1H3. The van der Waals surface area contributed by atoms with E-state index in [0.717, 1.165) is 45.5 Å². The molecule has 45 heavy (non-hydrogen) atoms. The van der Waals surface area contributed by atoms with Gasteiger partial charge in [-0.25, -0.2) is 18.7 Å². The summed E-state index contributed by atoms with van der Waals surface area (Å²) in [6.45, 7) is 5.53. The number of imidazole rings is 2. The molecule has 0 saturated carbocycles. The van der Waals surface area contributed by atoms with Crippen LogP contribution in [0.5, 0.6) is 0 Å². The van der Waals surface area contributed by atoms with E-state index in [1.807, 2.05) is 35.5 Å². The summed E-state index contributed by atoms with van der Waals surface area (Å²) in [7, 11) is 0. The number of rotatable bonds is 8. The molecular formula is C30H26Br2F2I2N8O. The number of aliphatic hydroxyl groups excluding tert-OH is 1. The lowest BCUT2D eigenvalue weighted by molar-refractivity contribution is 0.212. The molecule has 0 spiro atoms. The predicted molar refractivity (Wildman–Crippen MR) is 191 cm³/mol. The van der Waals surface area contributed by atoms with Gasteiger partial charge in [0.15, 0.2) is 0 Å². The summed E-state index contributed by atoms with van der Waals surface area (Å²) >= 11 is 11.2. The van der Waals surface area contributed by atoms with Gasteiger partial charge in [-0.15, -0.1) is 0 Å². The van der Waals surface area contributed by atoms with Crippen molar-refractivity contribution < 1.29 is 13.9 Å². The molecule has 15 heteroatoms. The first-order valence-corrected chi connectivity index (χ1v) is 17.4. The smallest absolute Gasteiger partial charge is 0.125 e. The minimum Gasteiger partial charge on any atom is -0.382 e. The van der Waals surface area contributed by atoms with E-state index in [1.54, 1.807) is 46.4 Å². The fourth-order valence-electron chi connectivity index (χ4n) is 4.62. The third-order valence-electron chi connectivity index (χ3n) is 6.91. The fourth-order valence-corrected chi connectivity index (χ4v) is 7.34. The van der Waals surface area contributed by atoms with E-state index >= 15 is 0 Å². The van der Waals surface area contributed by atoms with Crippen LogP contribution in [0.4, 0.5) is 8.78 Å². The van der Waals surface area contributed by atoms with Crippen molar-refractivity contribution in [1.82, 2.24) is 38.7 Å². The molecule has 0 amide bonds. The zero-order valence-corrected chi connectivity index (χ0v) is 31.4. The predicted octanol–water partition coefficient (Wildman–Crippen LogP) is 7.86. The van der Waals surface area contributed by atoms with E-state index in [1.165, 1.54) is 24.3 Å². The first-order valence-electron chi connectivity index (χ1n) is 13.7. The zero-order chi connectivity index (χ0) is 32.2. The molecule has 0 bridgehead atoms. The van der Waals surface area contributed by atoms with Gasteiger partial charge in [0.2, 0.25) is 0 Å². The van der Waals surface area contributed by atoms with Crippen molar-refractivity contribution in [3.8, 4) is 11.4 Å². The van der Waals surface area contributed by atoms with E-state index in [-0.39, 0.29) is 11.6 Å². The Labute approximate surface area is 302 Å². The van der Waals surface area contributed by atoms with Gasteiger partial charge in [-0.3, -0.25) is 13.9 Å². The minimum atomic E-state index is -0.895. The second kappa shape index (κ2) is 15.0. The molecule has 1 N–H and O–H groups in total. The van der Waals surface area contributed by atoms with E-state index in [9.17, 15) is 13.9 Å². The Hall–Kier alpha value is -2.48. The van der Waals surface area contributed by atoms with Crippen LogP contribution in [0.3, 0.4) is 0 Å². The van der Waals surface area contributed by atoms with Gasteiger partial charge in [0.25, 0.3) is 0 Å². The van der Waals surface area contributed by atoms with Gasteiger partial charge in [0.05, 0.1) is 48.3 Å². The topological polar surface area (TPSA) is 91.5 Å². The summed E-state index contributed by atoms with van der Waals surface area (Å²) in [5, 5.41) is 19.3. The average molecular weight is 966 g/mol. The number of benzene rings is 2. The quantitative estimate of drug-likeness (QED) is 0.157. The molecule has 4 heterocycles. The third kappa shape index (κ3) is 7.41. The Morgan fingerprint density at radius 1 is 0.778 bits per heavy atom. The van der Waals surface area contributed by atoms with Gasteiger partial charge in [0, 0.05) is 49.7 Å². The molecule has 234 valence electrons. The van der Waals surface area contributed by atoms with Crippen LogP contribution in [-0.4, -0.2) is 43.8 Å². The number of hydrogen-bond acceptors (Lipinski definition) is 5. The molecule has 1 unspecified atom stereocenters. The number of aliphatic hydroxyl groups is 1. The van der Waals surface area contributed by atoms with Crippen molar-refractivity contribution in [3.05, 3.63) is 124 Å². The van der Waals surface area contributed by atoms with E-state index in [4.69, 9.17) is 0 Å². The maximum Gasteiger partial charge on any atom is 0.125 e. The molecule has 0 aliphatic carbocycles. The molecular weight excluding hydrogens is 940 g/mol. The Morgan fingerprint density at radius 3 is 1.91 bits per heavy atom. The summed E-state index contributed by atoms with van der Waals surface area (Å²) in [5.41, 5.74) is 5.06. The van der Waals surface area contributed by atoms with Gasteiger partial charge >= 0.3 is 0 Å². The fraction of sp³-hybridized carbons (Fsp3) is 0.200. The van der Waals surface area contributed by atoms with Crippen LogP contribution in [0, 0.1) is 18.8 Å².